The van der Waals surface area contributed by atoms with Crippen LogP contribution in [0.1, 0.15) is 19.8 Å². The van der Waals surface area contributed by atoms with Crippen molar-refractivity contribution in [3.63, 3.8) is 0 Å². The molecule has 0 saturated carbocycles. The Bertz CT molecular complexity index is 36.4. The molecule has 9 heavy (non-hydrogen) atoms. The van der Waals surface area contributed by atoms with Crippen LogP contribution in [0.3, 0.4) is 0 Å². The molecule has 2 N–H and O–H groups in total. The maximum Gasteiger partial charge on any atom is 0.180 e. The summed E-state index contributed by atoms with van der Waals surface area (Å²) in [5.41, 5.74) is 5.14. The molecule has 1 nitrogen and oxygen atoms in total. The molecule has 0 saturated heterocycles. The van der Waals surface area contributed by atoms with Crippen LogP contribution in [0.25, 0.3) is 0 Å². The van der Waals surface area contributed by atoms with Crippen molar-refractivity contribution in [2.45, 2.75) is 24.1 Å². The van der Waals surface area contributed by atoms with E-state index < -0.39 is 4.30 Å². The van der Waals surface area contributed by atoms with Gasteiger partial charge in [0.15, 0.2) is 4.30 Å². The van der Waals surface area contributed by atoms with Crippen LogP contribution in [0.5, 0.6) is 0 Å². The van der Waals surface area contributed by atoms with Crippen molar-refractivity contribution >= 4 is 34.8 Å². The van der Waals surface area contributed by atoms with Gasteiger partial charge >= 0.3 is 0 Å². The number of hydrogen-bond acceptors (Lipinski definition) is 1. The fraction of sp³-hybridized carbons (Fsp3) is 1.00. The molecule has 0 amide bonds. The van der Waals surface area contributed by atoms with Gasteiger partial charge in [-0.25, -0.2) is 0 Å². The summed E-state index contributed by atoms with van der Waals surface area (Å²) in [6.45, 7) is 2.98. The summed E-state index contributed by atoms with van der Waals surface area (Å²) in [6, 6.07) is 0. The van der Waals surface area contributed by atoms with Gasteiger partial charge in [0.25, 0.3) is 0 Å². The first-order valence-corrected chi connectivity index (χ1v) is 4.08. The number of alkyl halides is 3. The molecule has 0 atom stereocenters. The number of rotatable bonds is 2. The molecule has 0 aromatic heterocycles. The predicted molar refractivity (Wildman–Crippen MR) is 45.3 cm³/mol. The van der Waals surface area contributed by atoms with Crippen LogP contribution in [0.15, 0.2) is 0 Å². The molecule has 0 heterocycles. The van der Waals surface area contributed by atoms with Gasteiger partial charge in [-0.2, -0.15) is 0 Å². The number of unbranched alkanes of at least 4 members (excludes halogenated alkanes) is 1. The second-order valence-corrected chi connectivity index (χ2v) is 3.37. The summed E-state index contributed by atoms with van der Waals surface area (Å²) in [6.07, 6.45) is 2.39. The third-order valence-electron chi connectivity index (χ3n) is 0.558. The fourth-order valence-corrected chi connectivity index (χ4v) is 0.204. The fourth-order valence-electron chi connectivity index (χ4n) is 0.204. The molecule has 0 rings (SSSR count). The Hall–Kier alpha value is 0.830. The minimum atomic E-state index is -0.750. The van der Waals surface area contributed by atoms with Gasteiger partial charge in [0.1, 0.15) is 0 Å². The second kappa shape index (κ2) is 11.6. The highest BCUT2D eigenvalue weighted by Crippen LogP contribution is 2.03. The topological polar surface area (TPSA) is 26.0 Å². The zero-order valence-electron chi connectivity index (χ0n) is 5.41. The van der Waals surface area contributed by atoms with Crippen LogP contribution in [0, 0.1) is 0 Å². The highest BCUT2D eigenvalue weighted by Gasteiger charge is 1.78. The molecule has 58 valence electrons. The first-order chi connectivity index (χ1) is 4.15. The molecular formula is C5H12Cl3N. The monoisotopic (exact) mass is 191 g/mol. The van der Waals surface area contributed by atoms with Crippen LogP contribution >= 0.6 is 34.8 Å². The highest BCUT2D eigenvalue weighted by atomic mass is 35.6. The summed E-state index contributed by atoms with van der Waals surface area (Å²) in [4.78, 5) is 0. The first kappa shape index (κ1) is 12.5. The lowest BCUT2D eigenvalue weighted by Crippen LogP contribution is -1.95. The van der Waals surface area contributed by atoms with Crippen molar-refractivity contribution in [1.29, 1.82) is 0 Å². The molecule has 0 aliphatic carbocycles. The molecule has 0 aliphatic heterocycles. The molecule has 0 aromatic rings. The van der Waals surface area contributed by atoms with Gasteiger partial charge in [-0.3, -0.25) is 0 Å². The summed E-state index contributed by atoms with van der Waals surface area (Å²) in [7, 11) is 0. The van der Waals surface area contributed by atoms with E-state index in [2.05, 4.69) is 6.92 Å². The van der Waals surface area contributed by atoms with Crippen molar-refractivity contribution in [3.05, 3.63) is 0 Å². The van der Waals surface area contributed by atoms with Crippen LogP contribution in [-0.2, 0) is 0 Å². The zero-order chi connectivity index (χ0) is 7.70. The van der Waals surface area contributed by atoms with Crippen molar-refractivity contribution in [2.75, 3.05) is 6.54 Å². The Labute approximate surface area is 71.5 Å². The Kier molecular flexibility index (Phi) is 16.1. The van der Waals surface area contributed by atoms with Gasteiger partial charge in [0.05, 0.1) is 0 Å². The van der Waals surface area contributed by atoms with Gasteiger partial charge in [-0.15, -0.1) is 0 Å². The van der Waals surface area contributed by atoms with Crippen molar-refractivity contribution in [1.82, 2.24) is 0 Å². The lowest BCUT2D eigenvalue weighted by atomic mass is 10.3. The average molecular weight is 193 g/mol. The van der Waals surface area contributed by atoms with E-state index in [1.807, 2.05) is 0 Å². The van der Waals surface area contributed by atoms with E-state index in [0.717, 1.165) is 6.54 Å². The van der Waals surface area contributed by atoms with Gasteiger partial charge in [0.2, 0.25) is 0 Å². The number of halogens is 3. The van der Waals surface area contributed by atoms with E-state index in [4.69, 9.17) is 40.5 Å². The van der Waals surface area contributed by atoms with E-state index in [1.54, 1.807) is 0 Å². The minimum Gasteiger partial charge on any atom is -0.330 e. The molecule has 4 heteroatoms. The summed E-state index contributed by atoms with van der Waals surface area (Å²) < 4.78 is -0.750. The molecule has 0 fully saturated rings. The molecule has 0 aromatic carbocycles. The van der Waals surface area contributed by atoms with Crippen molar-refractivity contribution < 1.29 is 0 Å². The van der Waals surface area contributed by atoms with Crippen LogP contribution < -0.4 is 5.73 Å². The van der Waals surface area contributed by atoms with Crippen LogP contribution in [0.2, 0.25) is 0 Å². The van der Waals surface area contributed by atoms with Gasteiger partial charge in [-0.1, -0.05) is 48.1 Å². The third kappa shape index (κ3) is 51.4. The largest absolute Gasteiger partial charge is 0.330 e. The second-order valence-electron chi connectivity index (χ2n) is 1.39. The molecule has 0 spiro atoms. The zero-order valence-corrected chi connectivity index (χ0v) is 7.68. The molecule has 0 aliphatic rings. The van der Waals surface area contributed by atoms with Crippen molar-refractivity contribution in [2.24, 2.45) is 5.73 Å². The standard InChI is InChI=1S/C4H11N.CHCl3/c1-2-3-4-5;2-1(3)4/h2-5H2,1H3;1H. The number of nitrogens with two attached hydrogens (primary N) is 1. The molecule has 0 bridgehead atoms. The lowest BCUT2D eigenvalue weighted by Gasteiger charge is -1.80. The third-order valence-corrected chi connectivity index (χ3v) is 0.558. The highest BCUT2D eigenvalue weighted by molar-refractivity contribution is 6.63. The Morgan fingerprint density at radius 2 is 1.67 bits per heavy atom. The smallest absolute Gasteiger partial charge is 0.180 e. The van der Waals surface area contributed by atoms with E-state index in [9.17, 15) is 0 Å². The lowest BCUT2D eigenvalue weighted by molar-refractivity contribution is 0.807. The first-order valence-electron chi connectivity index (χ1n) is 2.77. The van der Waals surface area contributed by atoms with E-state index in [-0.39, 0.29) is 0 Å². The number of hydrogen-bond donors (Lipinski definition) is 1. The Morgan fingerprint density at radius 3 is 1.67 bits per heavy atom. The molecular weight excluding hydrogens is 180 g/mol. The minimum absolute atomic E-state index is 0.750. The maximum atomic E-state index is 5.14. The van der Waals surface area contributed by atoms with E-state index >= 15 is 0 Å². The quantitative estimate of drug-likeness (QED) is 0.669. The maximum absolute atomic E-state index is 5.14. The Morgan fingerprint density at radius 1 is 1.33 bits per heavy atom. The molecule has 0 radical (unpaired) electrons. The van der Waals surface area contributed by atoms with E-state index in [1.165, 1.54) is 12.8 Å². The summed E-state index contributed by atoms with van der Waals surface area (Å²) in [5, 5.41) is 0. The van der Waals surface area contributed by atoms with Crippen LogP contribution in [-0.4, -0.2) is 10.8 Å². The normalized spacial score (nSPS) is 8.67. The molecule has 0 unspecified atom stereocenters. The summed E-state index contributed by atoms with van der Waals surface area (Å²) >= 11 is 14.4. The van der Waals surface area contributed by atoms with Crippen LogP contribution in [0.4, 0.5) is 0 Å². The van der Waals surface area contributed by atoms with Gasteiger partial charge in [0, 0.05) is 0 Å². The summed E-state index contributed by atoms with van der Waals surface area (Å²) in [5.74, 6) is 0. The van der Waals surface area contributed by atoms with Crippen molar-refractivity contribution in [3.8, 4) is 0 Å². The van der Waals surface area contributed by atoms with Gasteiger partial charge in [-0.05, 0) is 13.0 Å². The van der Waals surface area contributed by atoms with E-state index in [0.29, 0.717) is 0 Å². The average Bonchev–Trinajstić information content (AvgIpc) is 1.66. The SMILES string of the molecule is CCCCN.ClC(Cl)Cl. The van der Waals surface area contributed by atoms with Gasteiger partial charge < -0.3 is 5.73 Å². The predicted octanol–water partition coefficient (Wildman–Crippen LogP) is 2.73. The Balaban J connectivity index is 0.